The van der Waals surface area contributed by atoms with Crippen molar-refractivity contribution in [1.82, 2.24) is 4.98 Å². The molecule has 0 spiro atoms. The van der Waals surface area contributed by atoms with Gasteiger partial charge in [0.15, 0.2) is 0 Å². The highest BCUT2D eigenvalue weighted by atomic mass is 32.1. The quantitative estimate of drug-likeness (QED) is 0.854. The predicted octanol–water partition coefficient (Wildman–Crippen LogP) is 2.27. The van der Waals surface area contributed by atoms with Crippen molar-refractivity contribution < 1.29 is 19.4 Å². The zero-order valence-electron chi connectivity index (χ0n) is 13.5. The van der Waals surface area contributed by atoms with Crippen molar-refractivity contribution in [3.63, 3.8) is 0 Å². The number of aromatic nitrogens is 1. The van der Waals surface area contributed by atoms with Crippen LogP contribution < -0.4 is 9.75 Å². The van der Waals surface area contributed by atoms with E-state index in [9.17, 15) is 9.90 Å². The number of thiazole rings is 1. The summed E-state index contributed by atoms with van der Waals surface area (Å²) in [4.78, 5) is 16.5. The van der Waals surface area contributed by atoms with Crippen LogP contribution in [0.2, 0.25) is 0 Å². The van der Waals surface area contributed by atoms with Gasteiger partial charge in [0.2, 0.25) is 5.13 Å². The first-order valence-corrected chi connectivity index (χ1v) is 8.11. The molecule has 0 aliphatic carbocycles. The van der Waals surface area contributed by atoms with E-state index in [2.05, 4.69) is 10.1 Å². The summed E-state index contributed by atoms with van der Waals surface area (Å²) >= 11 is 1.29. The monoisotopic (exact) mass is 347 g/mol. The zero-order valence-corrected chi connectivity index (χ0v) is 14.3. The Kier molecular flexibility index (Phi) is 4.25. The highest BCUT2D eigenvalue weighted by Gasteiger charge is 2.49. The summed E-state index contributed by atoms with van der Waals surface area (Å²) in [5.74, 6) is -0.00154. The Balaban J connectivity index is 1.92. The number of methoxy groups -OCH3 is 2. The minimum Gasteiger partial charge on any atom is -0.497 e. The SMILES string of the molecule is COC(=O)[C@@]1(O)CC(C)=NN1c1nc(-c2ccc(OC)cc2)cs1. The molecule has 0 fully saturated rings. The van der Waals surface area contributed by atoms with Gasteiger partial charge in [0.1, 0.15) is 5.75 Å². The molecule has 1 aliphatic rings. The maximum atomic E-state index is 12.0. The minimum absolute atomic E-state index is 0.0805. The van der Waals surface area contributed by atoms with E-state index < -0.39 is 11.7 Å². The van der Waals surface area contributed by atoms with Crippen LogP contribution in [0.15, 0.2) is 34.7 Å². The van der Waals surface area contributed by atoms with Gasteiger partial charge in [0.05, 0.1) is 19.9 Å². The van der Waals surface area contributed by atoms with Crippen molar-refractivity contribution in [2.45, 2.75) is 19.1 Å². The first kappa shape index (κ1) is 16.4. The highest BCUT2D eigenvalue weighted by Crippen LogP contribution is 2.36. The van der Waals surface area contributed by atoms with E-state index in [-0.39, 0.29) is 6.42 Å². The van der Waals surface area contributed by atoms with Crippen LogP contribution in [0.1, 0.15) is 13.3 Å². The molecule has 1 aromatic heterocycles. The van der Waals surface area contributed by atoms with Gasteiger partial charge in [-0.3, -0.25) is 0 Å². The summed E-state index contributed by atoms with van der Waals surface area (Å²) in [5, 5.41) is 18.4. The molecule has 3 rings (SSSR count). The average molecular weight is 347 g/mol. The standard InChI is InChI=1S/C16H17N3O4S/c1-10-8-16(21,14(20)23-3)19(18-10)15-17-13(9-24-15)11-4-6-12(22-2)7-5-11/h4-7,9,21H,8H2,1-3H3/t16-/m0/s1. The van der Waals surface area contributed by atoms with Crippen LogP contribution in [-0.2, 0) is 9.53 Å². The lowest BCUT2D eigenvalue weighted by Gasteiger charge is -2.27. The van der Waals surface area contributed by atoms with E-state index in [1.807, 2.05) is 29.6 Å². The van der Waals surface area contributed by atoms with Gasteiger partial charge < -0.3 is 14.6 Å². The molecule has 0 saturated carbocycles. The molecule has 0 bridgehead atoms. The van der Waals surface area contributed by atoms with E-state index in [0.29, 0.717) is 10.8 Å². The van der Waals surface area contributed by atoms with Crippen molar-refractivity contribution in [2.24, 2.45) is 5.10 Å². The number of nitrogens with zero attached hydrogens (tertiary/aromatic N) is 3. The lowest BCUT2D eigenvalue weighted by molar-refractivity contribution is -0.160. The van der Waals surface area contributed by atoms with Gasteiger partial charge in [0, 0.05) is 23.1 Å². The number of hydrazone groups is 1. The second-order valence-electron chi connectivity index (χ2n) is 5.38. The smallest absolute Gasteiger partial charge is 0.361 e. The lowest BCUT2D eigenvalue weighted by atomic mass is 10.1. The fourth-order valence-corrected chi connectivity index (χ4v) is 3.35. The normalized spacial score (nSPS) is 20.0. The number of hydrogen-bond donors (Lipinski definition) is 1. The van der Waals surface area contributed by atoms with Crippen LogP contribution in [0.3, 0.4) is 0 Å². The molecular formula is C16H17N3O4S. The van der Waals surface area contributed by atoms with Gasteiger partial charge >= 0.3 is 5.97 Å². The zero-order chi connectivity index (χ0) is 17.3. The number of carbonyl (C=O) groups excluding carboxylic acids is 1. The van der Waals surface area contributed by atoms with Gasteiger partial charge in [0.25, 0.3) is 5.72 Å². The molecule has 1 aromatic carbocycles. The van der Waals surface area contributed by atoms with Crippen molar-refractivity contribution in [3.8, 4) is 17.0 Å². The van der Waals surface area contributed by atoms with Crippen LogP contribution in [0.5, 0.6) is 5.75 Å². The van der Waals surface area contributed by atoms with Crippen LogP contribution in [0.4, 0.5) is 5.13 Å². The summed E-state index contributed by atoms with van der Waals surface area (Å²) in [6, 6.07) is 7.47. The van der Waals surface area contributed by atoms with E-state index >= 15 is 0 Å². The van der Waals surface area contributed by atoms with Gasteiger partial charge in [-0.05, 0) is 31.2 Å². The highest BCUT2D eigenvalue weighted by molar-refractivity contribution is 7.14. The third kappa shape index (κ3) is 2.74. The summed E-state index contributed by atoms with van der Waals surface area (Å²) in [6.07, 6.45) is 0.0805. The predicted molar refractivity (Wildman–Crippen MR) is 91.3 cm³/mol. The van der Waals surface area contributed by atoms with Crippen molar-refractivity contribution in [2.75, 3.05) is 19.2 Å². The average Bonchev–Trinajstić information content (AvgIpc) is 3.19. The molecule has 2 aromatic rings. The molecular weight excluding hydrogens is 330 g/mol. The Morgan fingerprint density at radius 2 is 2.04 bits per heavy atom. The van der Waals surface area contributed by atoms with Gasteiger partial charge in [-0.15, -0.1) is 11.3 Å². The maximum Gasteiger partial charge on any atom is 0.361 e. The molecule has 0 radical (unpaired) electrons. The van der Waals surface area contributed by atoms with E-state index in [1.54, 1.807) is 14.0 Å². The molecule has 0 amide bonds. The number of carbonyl (C=O) groups is 1. The number of aliphatic hydroxyl groups is 1. The summed E-state index contributed by atoms with van der Waals surface area (Å²) in [6.45, 7) is 1.74. The molecule has 0 saturated heterocycles. The maximum absolute atomic E-state index is 12.0. The molecule has 7 nitrogen and oxygen atoms in total. The first-order valence-electron chi connectivity index (χ1n) is 7.23. The Hall–Kier alpha value is -2.45. The summed E-state index contributed by atoms with van der Waals surface area (Å²) in [7, 11) is 2.84. The molecule has 8 heteroatoms. The van der Waals surface area contributed by atoms with E-state index in [0.717, 1.165) is 17.0 Å². The van der Waals surface area contributed by atoms with Crippen molar-refractivity contribution in [1.29, 1.82) is 0 Å². The van der Waals surface area contributed by atoms with E-state index in [1.165, 1.54) is 23.5 Å². The summed E-state index contributed by atoms with van der Waals surface area (Å²) in [5.41, 5.74) is 0.405. The Bertz CT molecular complexity index is 787. The third-order valence-corrected chi connectivity index (χ3v) is 4.51. The van der Waals surface area contributed by atoms with Crippen LogP contribution >= 0.6 is 11.3 Å². The van der Waals surface area contributed by atoms with Crippen LogP contribution in [0.25, 0.3) is 11.3 Å². The first-order chi connectivity index (χ1) is 11.5. The summed E-state index contributed by atoms with van der Waals surface area (Å²) < 4.78 is 9.85. The van der Waals surface area contributed by atoms with Crippen molar-refractivity contribution >= 4 is 28.1 Å². The second-order valence-corrected chi connectivity index (χ2v) is 6.21. The molecule has 0 unspecified atom stereocenters. The molecule has 1 aliphatic heterocycles. The van der Waals surface area contributed by atoms with Gasteiger partial charge in [-0.25, -0.2) is 9.78 Å². The number of rotatable bonds is 4. The van der Waals surface area contributed by atoms with Crippen LogP contribution in [-0.4, -0.2) is 41.7 Å². The van der Waals surface area contributed by atoms with Gasteiger partial charge in [-0.1, -0.05) is 0 Å². The van der Waals surface area contributed by atoms with E-state index in [4.69, 9.17) is 9.47 Å². The molecule has 2 heterocycles. The second kappa shape index (κ2) is 6.21. The number of ether oxygens (including phenoxy) is 2. The number of hydrogen-bond acceptors (Lipinski definition) is 8. The fourth-order valence-electron chi connectivity index (χ4n) is 2.50. The third-order valence-electron chi connectivity index (χ3n) is 3.69. The minimum atomic E-state index is -1.85. The fraction of sp³-hybridized carbons (Fsp3) is 0.312. The Morgan fingerprint density at radius 1 is 1.33 bits per heavy atom. The Morgan fingerprint density at radius 3 is 2.67 bits per heavy atom. The molecule has 24 heavy (non-hydrogen) atoms. The van der Waals surface area contributed by atoms with Crippen molar-refractivity contribution in [3.05, 3.63) is 29.6 Å². The molecule has 1 atom stereocenters. The van der Waals surface area contributed by atoms with Gasteiger partial charge in [-0.2, -0.15) is 10.1 Å². The number of esters is 1. The largest absolute Gasteiger partial charge is 0.497 e. The molecule has 1 N–H and O–H groups in total. The molecule has 126 valence electrons. The Labute approximate surface area is 143 Å². The number of anilines is 1. The topological polar surface area (TPSA) is 84.3 Å². The van der Waals surface area contributed by atoms with Crippen LogP contribution in [0, 0.1) is 0 Å². The lowest BCUT2D eigenvalue weighted by Crippen LogP contribution is -2.50. The number of benzene rings is 1.